The fraction of sp³-hybridized carbons (Fsp3) is 0.500. The Morgan fingerprint density at radius 3 is 2.69 bits per heavy atom. The Hall–Kier alpha value is -2.03. The Labute approximate surface area is 92.1 Å². The van der Waals surface area contributed by atoms with Gasteiger partial charge in [-0.2, -0.15) is 10.4 Å². The summed E-state index contributed by atoms with van der Waals surface area (Å²) in [6.07, 6.45) is 2.74. The number of nitrogen functional groups attached to an aromatic ring is 1. The van der Waals surface area contributed by atoms with Gasteiger partial charge in [0.2, 0.25) is 0 Å². The zero-order valence-electron chi connectivity index (χ0n) is 8.66. The van der Waals surface area contributed by atoms with Crippen LogP contribution in [0.1, 0.15) is 36.9 Å². The Morgan fingerprint density at radius 2 is 2.19 bits per heavy atom. The van der Waals surface area contributed by atoms with Gasteiger partial charge < -0.3 is 10.8 Å². The maximum absolute atomic E-state index is 11.4. The highest BCUT2D eigenvalue weighted by molar-refractivity contribution is 5.82. The van der Waals surface area contributed by atoms with Crippen LogP contribution >= 0.6 is 0 Å². The molecule has 0 amide bonds. The second-order valence-electron chi connectivity index (χ2n) is 4.07. The number of carboxylic acids is 1. The van der Waals surface area contributed by atoms with Gasteiger partial charge in [0, 0.05) is 0 Å². The van der Waals surface area contributed by atoms with Gasteiger partial charge in [0.05, 0.1) is 5.69 Å². The van der Waals surface area contributed by atoms with Gasteiger partial charge in [0.15, 0.2) is 5.82 Å². The highest BCUT2D eigenvalue weighted by Crippen LogP contribution is 2.42. The summed E-state index contributed by atoms with van der Waals surface area (Å²) in [4.78, 5) is 11.4. The number of nitrogens with two attached hydrogens (primary N) is 1. The summed E-state index contributed by atoms with van der Waals surface area (Å²) in [6, 6.07) is 1.92. The van der Waals surface area contributed by atoms with Gasteiger partial charge in [-0.05, 0) is 12.8 Å². The summed E-state index contributed by atoms with van der Waals surface area (Å²) < 4.78 is 0. The molecule has 1 saturated carbocycles. The largest absolute Gasteiger partial charge is 0.481 e. The molecule has 1 aliphatic rings. The third-order valence-corrected chi connectivity index (χ3v) is 3.25. The zero-order chi connectivity index (χ0) is 11.8. The van der Waals surface area contributed by atoms with Crippen LogP contribution in [0.4, 0.5) is 5.82 Å². The molecule has 16 heavy (non-hydrogen) atoms. The summed E-state index contributed by atoms with van der Waals surface area (Å²) in [5.41, 5.74) is 5.05. The van der Waals surface area contributed by atoms with Crippen molar-refractivity contribution in [1.29, 1.82) is 5.26 Å². The van der Waals surface area contributed by atoms with Crippen LogP contribution in [0.2, 0.25) is 0 Å². The highest BCUT2D eigenvalue weighted by Gasteiger charge is 2.46. The summed E-state index contributed by atoms with van der Waals surface area (Å²) in [5.74, 6) is -0.838. The minimum absolute atomic E-state index is 0.0741. The van der Waals surface area contributed by atoms with E-state index in [1.54, 1.807) is 0 Å². The lowest BCUT2D eigenvalue weighted by Gasteiger charge is -2.22. The average Bonchev–Trinajstić information content (AvgIpc) is 2.84. The highest BCUT2D eigenvalue weighted by atomic mass is 16.4. The molecule has 1 aromatic heterocycles. The molecule has 1 aromatic rings. The lowest BCUT2D eigenvalue weighted by molar-refractivity contribution is -0.143. The number of nitrogens with one attached hydrogen (secondary N) is 1. The molecule has 4 N–H and O–H groups in total. The Bertz CT molecular complexity index is 466. The second kappa shape index (κ2) is 3.52. The van der Waals surface area contributed by atoms with Crippen LogP contribution in [0, 0.1) is 11.3 Å². The van der Waals surface area contributed by atoms with Crippen molar-refractivity contribution >= 4 is 11.8 Å². The van der Waals surface area contributed by atoms with Gasteiger partial charge in [-0.3, -0.25) is 9.89 Å². The van der Waals surface area contributed by atoms with Gasteiger partial charge in [-0.15, -0.1) is 0 Å². The van der Waals surface area contributed by atoms with Crippen molar-refractivity contribution in [2.24, 2.45) is 0 Å². The minimum Gasteiger partial charge on any atom is -0.481 e. The molecule has 0 unspecified atom stereocenters. The van der Waals surface area contributed by atoms with Gasteiger partial charge >= 0.3 is 5.97 Å². The number of carbonyl (C=O) groups is 1. The number of aromatic amines is 1. The van der Waals surface area contributed by atoms with Gasteiger partial charge in [-0.1, -0.05) is 12.8 Å². The summed E-state index contributed by atoms with van der Waals surface area (Å²) in [6.45, 7) is 0. The van der Waals surface area contributed by atoms with E-state index in [-0.39, 0.29) is 11.4 Å². The van der Waals surface area contributed by atoms with E-state index < -0.39 is 11.4 Å². The van der Waals surface area contributed by atoms with Crippen molar-refractivity contribution in [2.75, 3.05) is 5.73 Å². The van der Waals surface area contributed by atoms with Crippen molar-refractivity contribution in [1.82, 2.24) is 10.2 Å². The van der Waals surface area contributed by atoms with Crippen LogP contribution in [-0.2, 0) is 10.2 Å². The molecule has 0 spiro atoms. The fourth-order valence-electron chi connectivity index (χ4n) is 2.36. The quantitative estimate of drug-likeness (QED) is 0.680. The maximum Gasteiger partial charge on any atom is 0.315 e. The van der Waals surface area contributed by atoms with Crippen molar-refractivity contribution in [3.8, 4) is 6.07 Å². The van der Waals surface area contributed by atoms with Crippen LogP contribution in [0.25, 0.3) is 0 Å². The van der Waals surface area contributed by atoms with Crippen molar-refractivity contribution < 1.29 is 9.90 Å². The molecule has 84 valence electrons. The van der Waals surface area contributed by atoms with E-state index in [1.165, 1.54) is 0 Å². The number of nitriles is 1. The van der Waals surface area contributed by atoms with E-state index in [9.17, 15) is 9.90 Å². The molecule has 0 aromatic carbocycles. The molecule has 1 fully saturated rings. The molecule has 2 rings (SSSR count). The van der Waals surface area contributed by atoms with Gasteiger partial charge in [0.25, 0.3) is 0 Å². The van der Waals surface area contributed by atoms with E-state index in [0.29, 0.717) is 18.5 Å². The molecule has 0 atom stereocenters. The first-order chi connectivity index (χ1) is 7.62. The SMILES string of the molecule is N#Cc1c(N)n[nH]c1C1(C(=O)O)CCCC1. The van der Waals surface area contributed by atoms with E-state index in [0.717, 1.165) is 12.8 Å². The second-order valence-corrected chi connectivity index (χ2v) is 4.07. The molecule has 0 aliphatic heterocycles. The molecular formula is C10H12N4O2. The molecule has 1 aliphatic carbocycles. The molecule has 0 bridgehead atoms. The Balaban J connectivity index is 2.57. The Morgan fingerprint density at radius 1 is 1.56 bits per heavy atom. The standard InChI is InChI=1S/C10H12N4O2/c11-5-6-7(13-14-8(6)12)10(9(15)16)3-1-2-4-10/h1-4H2,(H,15,16)(H3,12,13,14). The molecule has 1 heterocycles. The summed E-state index contributed by atoms with van der Waals surface area (Å²) in [7, 11) is 0. The smallest absolute Gasteiger partial charge is 0.315 e. The lowest BCUT2D eigenvalue weighted by atomic mass is 9.81. The number of aromatic nitrogens is 2. The predicted octanol–water partition coefficient (Wildman–Crippen LogP) is 0.760. The topological polar surface area (TPSA) is 116 Å². The third-order valence-electron chi connectivity index (χ3n) is 3.25. The van der Waals surface area contributed by atoms with Crippen molar-refractivity contribution in [3.05, 3.63) is 11.3 Å². The van der Waals surface area contributed by atoms with Crippen LogP contribution in [-0.4, -0.2) is 21.3 Å². The fourth-order valence-corrected chi connectivity index (χ4v) is 2.36. The predicted molar refractivity (Wildman–Crippen MR) is 55.5 cm³/mol. The van der Waals surface area contributed by atoms with Crippen LogP contribution in [0.3, 0.4) is 0 Å². The van der Waals surface area contributed by atoms with Crippen molar-refractivity contribution in [3.63, 3.8) is 0 Å². The number of aliphatic carboxylic acids is 1. The molecular weight excluding hydrogens is 208 g/mol. The molecule has 6 heteroatoms. The van der Waals surface area contributed by atoms with Gasteiger partial charge in [0.1, 0.15) is 17.0 Å². The van der Waals surface area contributed by atoms with E-state index >= 15 is 0 Å². The third kappa shape index (κ3) is 1.25. The van der Waals surface area contributed by atoms with Crippen molar-refractivity contribution in [2.45, 2.75) is 31.1 Å². The first-order valence-corrected chi connectivity index (χ1v) is 5.09. The van der Waals surface area contributed by atoms with E-state index in [1.807, 2.05) is 6.07 Å². The van der Waals surface area contributed by atoms with E-state index in [4.69, 9.17) is 11.0 Å². The number of hydrogen-bond acceptors (Lipinski definition) is 4. The van der Waals surface area contributed by atoms with E-state index in [2.05, 4.69) is 10.2 Å². The maximum atomic E-state index is 11.4. The number of rotatable bonds is 2. The summed E-state index contributed by atoms with van der Waals surface area (Å²) >= 11 is 0. The molecule has 6 nitrogen and oxygen atoms in total. The number of H-pyrrole nitrogens is 1. The molecule has 0 saturated heterocycles. The lowest BCUT2D eigenvalue weighted by Crippen LogP contribution is -2.33. The van der Waals surface area contributed by atoms with Crippen LogP contribution in [0.15, 0.2) is 0 Å². The molecule has 0 radical (unpaired) electrons. The van der Waals surface area contributed by atoms with Gasteiger partial charge in [-0.25, -0.2) is 0 Å². The minimum atomic E-state index is -1.00. The summed E-state index contributed by atoms with van der Waals surface area (Å²) in [5, 5.41) is 24.6. The monoisotopic (exact) mass is 220 g/mol. The first-order valence-electron chi connectivity index (χ1n) is 5.09. The number of carboxylic acid groups (broad SMARTS) is 1. The number of hydrogen-bond donors (Lipinski definition) is 3. The average molecular weight is 220 g/mol. The Kier molecular flexibility index (Phi) is 2.31. The normalized spacial score (nSPS) is 18.2. The number of anilines is 1. The van der Waals surface area contributed by atoms with Crippen LogP contribution in [0.5, 0.6) is 0 Å². The van der Waals surface area contributed by atoms with Crippen LogP contribution < -0.4 is 5.73 Å². The first kappa shape index (κ1) is 10.5. The number of nitrogens with zero attached hydrogens (tertiary/aromatic N) is 2. The zero-order valence-corrected chi connectivity index (χ0v) is 8.66.